The van der Waals surface area contributed by atoms with Crippen LogP contribution in [-0.4, -0.2) is 19.7 Å². The van der Waals surface area contributed by atoms with Gasteiger partial charge in [-0.25, -0.2) is 8.78 Å². The molecule has 84 valence electrons. The number of rotatable bonds is 6. The number of benzene rings is 1. The lowest BCUT2D eigenvalue weighted by Gasteiger charge is -2.07. The van der Waals surface area contributed by atoms with Crippen LogP contribution in [0.3, 0.4) is 0 Å². The molecule has 0 aliphatic carbocycles. The summed E-state index contributed by atoms with van der Waals surface area (Å²) in [5, 5.41) is 3.12. The van der Waals surface area contributed by atoms with Crippen LogP contribution < -0.4 is 10.1 Å². The zero-order valence-corrected chi connectivity index (χ0v) is 8.72. The van der Waals surface area contributed by atoms with E-state index in [2.05, 4.69) is 5.32 Å². The fraction of sp³-hybridized carbons (Fsp3) is 0.455. The normalized spacial score (nSPS) is 10.3. The van der Waals surface area contributed by atoms with Crippen LogP contribution in [0.5, 0.6) is 5.75 Å². The first-order chi connectivity index (χ1) is 7.24. The van der Waals surface area contributed by atoms with Gasteiger partial charge >= 0.3 is 0 Å². The van der Waals surface area contributed by atoms with Crippen molar-refractivity contribution in [3.8, 4) is 5.75 Å². The summed E-state index contributed by atoms with van der Waals surface area (Å²) < 4.78 is 30.7. The molecule has 0 aromatic heterocycles. The smallest absolute Gasteiger partial charge is 0.167 e. The summed E-state index contributed by atoms with van der Waals surface area (Å²) in [6.45, 7) is 4.18. The van der Waals surface area contributed by atoms with Gasteiger partial charge in [0.2, 0.25) is 0 Å². The first-order valence-electron chi connectivity index (χ1n) is 5.02. The molecule has 0 bridgehead atoms. The Labute approximate surface area is 88.3 Å². The van der Waals surface area contributed by atoms with Crippen molar-refractivity contribution in [3.05, 3.63) is 29.8 Å². The van der Waals surface area contributed by atoms with Crippen LogP contribution >= 0.6 is 0 Å². The molecule has 0 saturated carbocycles. The van der Waals surface area contributed by atoms with E-state index in [-0.39, 0.29) is 5.75 Å². The van der Waals surface area contributed by atoms with Crippen LogP contribution in [0.25, 0.3) is 0 Å². The van der Waals surface area contributed by atoms with Crippen molar-refractivity contribution >= 4 is 0 Å². The maximum Gasteiger partial charge on any atom is 0.167 e. The highest BCUT2D eigenvalue weighted by molar-refractivity contribution is 5.24. The van der Waals surface area contributed by atoms with Gasteiger partial charge in [-0.2, -0.15) is 0 Å². The van der Waals surface area contributed by atoms with Gasteiger partial charge in [-0.1, -0.05) is 6.92 Å². The second kappa shape index (κ2) is 6.35. The number of hydrogen-bond acceptors (Lipinski definition) is 2. The molecular formula is C11H15F2NO. The summed E-state index contributed by atoms with van der Waals surface area (Å²) in [5.41, 5.74) is 0. The van der Waals surface area contributed by atoms with Crippen LogP contribution in [0, 0.1) is 11.6 Å². The Hall–Kier alpha value is -1.16. The van der Waals surface area contributed by atoms with E-state index in [0.717, 1.165) is 25.6 Å². The SMILES string of the molecule is CCNCCCOc1ccc(F)cc1F. The highest BCUT2D eigenvalue weighted by Gasteiger charge is 2.03. The average molecular weight is 215 g/mol. The van der Waals surface area contributed by atoms with Gasteiger partial charge in [0.1, 0.15) is 5.82 Å². The highest BCUT2D eigenvalue weighted by Crippen LogP contribution is 2.17. The average Bonchev–Trinajstić information content (AvgIpc) is 2.20. The summed E-state index contributed by atoms with van der Waals surface area (Å²) >= 11 is 0. The van der Waals surface area contributed by atoms with Gasteiger partial charge in [0.25, 0.3) is 0 Å². The Morgan fingerprint density at radius 1 is 1.33 bits per heavy atom. The van der Waals surface area contributed by atoms with Crippen LogP contribution in [0.2, 0.25) is 0 Å². The second-order valence-electron chi connectivity index (χ2n) is 3.13. The zero-order chi connectivity index (χ0) is 11.1. The minimum absolute atomic E-state index is 0.105. The van der Waals surface area contributed by atoms with Gasteiger partial charge < -0.3 is 10.1 Å². The predicted molar refractivity (Wildman–Crippen MR) is 55.0 cm³/mol. The maximum absolute atomic E-state index is 13.0. The molecule has 15 heavy (non-hydrogen) atoms. The Morgan fingerprint density at radius 2 is 2.13 bits per heavy atom. The third-order valence-electron chi connectivity index (χ3n) is 1.90. The molecule has 0 fully saturated rings. The van der Waals surface area contributed by atoms with Crippen molar-refractivity contribution in [1.82, 2.24) is 5.32 Å². The van der Waals surface area contributed by atoms with E-state index in [0.29, 0.717) is 6.61 Å². The summed E-state index contributed by atoms with van der Waals surface area (Å²) in [4.78, 5) is 0. The summed E-state index contributed by atoms with van der Waals surface area (Å²) in [5.74, 6) is -1.14. The Balaban J connectivity index is 2.31. The third kappa shape index (κ3) is 4.25. The zero-order valence-electron chi connectivity index (χ0n) is 8.72. The molecule has 0 radical (unpaired) electrons. The number of ether oxygens (including phenoxy) is 1. The molecule has 1 N–H and O–H groups in total. The largest absolute Gasteiger partial charge is 0.490 e. The first-order valence-corrected chi connectivity index (χ1v) is 5.02. The highest BCUT2D eigenvalue weighted by atomic mass is 19.1. The van der Waals surface area contributed by atoms with E-state index in [4.69, 9.17) is 4.74 Å². The Bertz CT molecular complexity index is 305. The molecular weight excluding hydrogens is 200 g/mol. The Morgan fingerprint density at radius 3 is 2.80 bits per heavy atom. The minimum atomic E-state index is -0.654. The summed E-state index contributed by atoms with van der Waals surface area (Å²) in [7, 11) is 0. The van der Waals surface area contributed by atoms with E-state index in [1.165, 1.54) is 12.1 Å². The van der Waals surface area contributed by atoms with Crippen molar-refractivity contribution in [2.75, 3.05) is 19.7 Å². The van der Waals surface area contributed by atoms with E-state index >= 15 is 0 Å². The number of hydrogen-bond donors (Lipinski definition) is 1. The molecule has 0 atom stereocenters. The molecule has 4 heteroatoms. The fourth-order valence-corrected chi connectivity index (χ4v) is 1.15. The third-order valence-corrected chi connectivity index (χ3v) is 1.90. The van der Waals surface area contributed by atoms with Crippen LogP contribution in [0.15, 0.2) is 18.2 Å². The van der Waals surface area contributed by atoms with Crippen LogP contribution in [0.4, 0.5) is 8.78 Å². The van der Waals surface area contributed by atoms with E-state index < -0.39 is 11.6 Å². The Kier molecular flexibility index (Phi) is 5.04. The molecule has 0 unspecified atom stereocenters. The van der Waals surface area contributed by atoms with Gasteiger partial charge in [0.05, 0.1) is 6.61 Å². The molecule has 0 aliphatic rings. The standard InChI is InChI=1S/C11H15F2NO/c1-2-14-6-3-7-15-11-5-4-9(12)8-10(11)13/h4-5,8,14H,2-3,6-7H2,1H3. The van der Waals surface area contributed by atoms with Crippen molar-refractivity contribution < 1.29 is 13.5 Å². The molecule has 1 aromatic carbocycles. The van der Waals surface area contributed by atoms with Gasteiger partial charge in [-0.05, 0) is 31.6 Å². The van der Waals surface area contributed by atoms with Crippen LogP contribution in [-0.2, 0) is 0 Å². The second-order valence-corrected chi connectivity index (χ2v) is 3.13. The molecule has 0 heterocycles. The lowest BCUT2D eigenvalue weighted by atomic mass is 10.3. The lowest BCUT2D eigenvalue weighted by molar-refractivity contribution is 0.293. The minimum Gasteiger partial charge on any atom is -0.490 e. The lowest BCUT2D eigenvalue weighted by Crippen LogP contribution is -2.16. The van der Waals surface area contributed by atoms with E-state index in [1.54, 1.807) is 0 Å². The molecule has 0 spiro atoms. The van der Waals surface area contributed by atoms with Crippen molar-refractivity contribution in [2.45, 2.75) is 13.3 Å². The summed E-state index contributed by atoms with van der Waals surface area (Å²) in [6, 6.07) is 3.31. The maximum atomic E-state index is 13.0. The molecule has 1 aromatic rings. The molecule has 0 amide bonds. The van der Waals surface area contributed by atoms with Crippen molar-refractivity contribution in [1.29, 1.82) is 0 Å². The van der Waals surface area contributed by atoms with Gasteiger partial charge in [-0.3, -0.25) is 0 Å². The van der Waals surface area contributed by atoms with E-state index in [1.807, 2.05) is 6.92 Å². The van der Waals surface area contributed by atoms with Crippen molar-refractivity contribution in [3.63, 3.8) is 0 Å². The summed E-state index contributed by atoms with van der Waals surface area (Å²) in [6.07, 6.45) is 0.796. The molecule has 0 saturated heterocycles. The van der Waals surface area contributed by atoms with Gasteiger partial charge in [-0.15, -0.1) is 0 Å². The molecule has 1 rings (SSSR count). The van der Waals surface area contributed by atoms with Crippen molar-refractivity contribution in [2.24, 2.45) is 0 Å². The van der Waals surface area contributed by atoms with E-state index in [9.17, 15) is 8.78 Å². The molecule has 0 aliphatic heterocycles. The van der Waals surface area contributed by atoms with Crippen LogP contribution in [0.1, 0.15) is 13.3 Å². The predicted octanol–water partition coefficient (Wildman–Crippen LogP) is 2.34. The monoisotopic (exact) mass is 215 g/mol. The van der Waals surface area contributed by atoms with Gasteiger partial charge in [0, 0.05) is 6.07 Å². The number of nitrogens with one attached hydrogen (secondary N) is 1. The first kappa shape index (κ1) is 11.9. The molecule has 2 nitrogen and oxygen atoms in total. The van der Waals surface area contributed by atoms with Gasteiger partial charge in [0.15, 0.2) is 11.6 Å². The fourth-order valence-electron chi connectivity index (χ4n) is 1.15. The number of halogens is 2. The topological polar surface area (TPSA) is 21.3 Å². The quantitative estimate of drug-likeness (QED) is 0.735.